The normalized spacial score (nSPS) is 20.2. The summed E-state index contributed by atoms with van der Waals surface area (Å²) in [5.41, 5.74) is 0. The van der Waals surface area contributed by atoms with Crippen LogP contribution in [0.4, 0.5) is 5.82 Å². The minimum absolute atomic E-state index is 0.232. The van der Waals surface area contributed by atoms with E-state index in [1.165, 1.54) is 0 Å². The van der Waals surface area contributed by atoms with Crippen molar-refractivity contribution in [1.82, 2.24) is 4.98 Å². The number of ether oxygens (including phenoxy) is 1. The van der Waals surface area contributed by atoms with Gasteiger partial charge in [-0.15, -0.1) is 0 Å². The molecular weight excluding hydrogens is 295 g/mol. The Labute approximate surface area is 122 Å². The van der Waals surface area contributed by atoms with Crippen molar-refractivity contribution in [3.63, 3.8) is 0 Å². The topological polar surface area (TPSA) is 25.4 Å². The highest BCUT2D eigenvalue weighted by atomic mass is 35.5. The van der Waals surface area contributed by atoms with E-state index >= 15 is 0 Å². The Hall–Kier alpha value is -0.220. The third kappa shape index (κ3) is 3.21. The lowest BCUT2D eigenvalue weighted by Gasteiger charge is -2.33. The predicted molar refractivity (Wildman–Crippen MR) is 76.1 cm³/mol. The second-order valence-corrected chi connectivity index (χ2v) is 5.40. The Bertz CT molecular complexity index is 426. The van der Waals surface area contributed by atoms with Crippen LogP contribution >= 0.6 is 34.8 Å². The van der Waals surface area contributed by atoms with Crippen LogP contribution in [0.15, 0.2) is 6.07 Å². The molecule has 1 aromatic rings. The highest BCUT2D eigenvalue weighted by Gasteiger charge is 2.23. The predicted octanol–water partition coefficient (Wildman–Crippen LogP) is 4.05. The van der Waals surface area contributed by atoms with Crippen molar-refractivity contribution in [2.75, 3.05) is 24.6 Å². The number of anilines is 1. The Kier molecular flexibility index (Phi) is 4.96. The van der Waals surface area contributed by atoms with Crippen LogP contribution in [0.25, 0.3) is 0 Å². The monoisotopic (exact) mass is 308 g/mol. The molecule has 0 radical (unpaired) electrons. The molecule has 0 N–H and O–H groups in total. The molecule has 1 saturated heterocycles. The van der Waals surface area contributed by atoms with E-state index in [-0.39, 0.29) is 11.3 Å². The lowest BCUT2D eigenvalue weighted by atomic mass is 10.1. The van der Waals surface area contributed by atoms with Crippen molar-refractivity contribution < 1.29 is 4.74 Å². The van der Waals surface area contributed by atoms with Gasteiger partial charge in [0.25, 0.3) is 0 Å². The fraction of sp³-hybridized carbons (Fsp3) is 0.583. The molecule has 6 heteroatoms. The third-order valence-electron chi connectivity index (χ3n) is 2.95. The summed E-state index contributed by atoms with van der Waals surface area (Å²) in [6.45, 7) is 4.43. The average molecular weight is 310 g/mol. The zero-order chi connectivity index (χ0) is 13.1. The molecule has 1 aliphatic heterocycles. The van der Waals surface area contributed by atoms with E-state index in [1.807, 2.05) is 6.92 Å². The first-order valence-corrected chi connectivity index (χ1v) is 7.13. The minimum atomic E-state index is 0.232. The summed E-state index contributed by atoms with van der Waals surface area (Å²) < 4.78 is 5.66. The van der Waals surface area contributed by atoms with Gasteiger partial charge in [-0.2, -0.15) is 0 Å². The van der Waals surface area contributed by atoms with Gasteiger partial charge in [-0.1, -0.05) is 34.8 Å². The Morgan fingerprint density at radius 3 is 2.89 bits per heavy atom. The van der Waals surface area contributed by atoms with E-state index < -0.39 is 0 Å². The number of hydrogen-bond donors (Lipinski definition) is 0. The number of aromatic nitrogens is 1. The molecule has 1 atom stereocenters. The summed E-state index contributed by atoms with van der Waals surface area (Å²) in [5.74, 6) is 0.690. The van der Waals surface area contributed by atoms with Gasteiger partial charge >= 0.3 is 0 Å². The fourth-order valence-electron chi connectivity index (χ4n) is 2.16. The van der Waals surface area contributed by atoms with Crippen LogP contribution in [0, 0.1) is 0 Å². The van der Waals surface area contributed by atoms with Gasteiger partial charge in [0.1, 0.15) is 11.0 Å². The Morgan fingerprint density at radius 1 is 1.39 bits per heavy atom. The maximum atomic E-state index is 6.17. The maximum Gasteiger partial charge on any atom is 0.150 e. The van der Waals surface area contributed by atoms with Crippen LogP contribution in [-0.4, -0.2) is 30.8 Å². The zero-order valence-electron chi connectivity index (χ0n) is 10.1. The van der Waals surface area contributed by atoms with Gasteiger partial charge in [0.05, 0.1) is 16.1 Å². The molecule has 100 valence electrons. The van der Waals surface area contributed by atoms with Gasteiger partial charge in [0, 0.05) is 19.7 Å². The lowest BCUT2D eigenvalue weighted by molar-refractivity contribution is 0.0525. The van der Waals surface area contributed by atoms with E-state index in [9.17, 15) is 0 Å². The Balaban J connectivity index is 2.18. The van der Waals surface area contributed by atoms with Crippen molar-refractivity contribution in [3.8, 4) is 0 Å². The molecule has 1 fully saturated rings. The number of pyridine rings is 1. The molecule has 2 heterocycles. The van der Waals surface area contributed by atoms with Crippen molar-refractivity contribution in [2.45, 2.75) is 25.9 Å². The zero-order valence-corrected chi connectivity index (χ0v) is 12.4. The molecular formula is C12H15Cl3N2O. The van der Waals surface area contributed by atoms with Crippen LogP contribution in [0.3, 0.4) is 0 Å². The van der Waals surface area contributed by atoms with Crippen molar-refractivity contribution in [2.24, 2.45) is 0 Å². The van der Waals surface area contributed by atoms with Crippen LogP contribution in [0.1, 0.15) is 19.8 Å². The summed E-state index contributed by atoms with van der Waals surface area (Å²) in [6.07, 6.45) is 2.36. The summed E-state index contributed by atoms with van der Waals surface area (Å²) in [6, 6.07) is 1.64. The van der Waals surface area contributed by atoms with Crippen molar-refractivity contribution in [3.05, 3.63) is 21.3 Å². The molecule has 1 unspecified atom stereocenters. The number of piperidine rings is 1. The van der Waals surface area contributed by atoms with E-state index in [2.05, 4.69) is 9.88 Å². The molecule has 0 bridgehead atoms. The largest absolute Gasteiger partial charge is 0.377 e. The third-order valence-corrected chi connectivity index (χ3v) is 3.90. The summed E-state index contributed by atoms with van der Waals surface area (Å²) in [5, 5.41) is 1.19. The Morgan fingerprint density at radius 2 is 2.17 bits per heavy atom. The number of nitrogens with zero attached hydrogens (tertiary/aromatic N) is 2. The smallest absolute Gasteiger partial charge is 0.150 e. The van der Waals surface area contributed by atoms with Gasteiger partial charge in [-0.3, -0.25) is 0 Å². The average Bonchev–Trinajstić information content (AvgIpc) is 2.34. The van der Waals surface area contributed by atoms with E-state index in [1.54, 1.807) is 6.07 Å². The van der Waals surface area contributed by atoms with Crippen LogP contribution in [0.2, 0.25) is 15.2 Å². The lowest BCUT2D eigenvalue weighted by Crippen LogP contribution is -2.40. The molecule has 0 spiro atoms. The second kappa shape index (κ2) is 6.29. The molecule has 18 heavy (non-hydrogen) atoms. The van der Waals surface area contributed by atoms with Crippen LogP contribution in [0.5, 0.6) is 0 Å². The molecule has 0 saturated carbocycles. The fourth-order valence-corrected chi connectivity index (χ4v) is 2.77. The molecule has 1 aromatic heterocycles. The summed E-state index contributed by atoms with van der Waals surface area (Å²) in [7, 11) is 0. The molecule has 3 nitrogen and oxygen atoms in total. The van der Waals surface area contributed by atoms with Gasteiger partial charge in [-0.05, 0) is 25.8 Å². The second-order valence-electron chi connectivity index (χ2n) is 4.23. The van der Waals surface area contributed by atoms with Gasteiger partial charge in [-0.25, -0.2) is 4.98 Å². The number of halogens is 3. The number of hydrogen-bond acceptors (Lipinski definition) is 3. The molecule has 1 aliphatic rings. The number of rotatable bonds is 3. The highest BCUT2D eigenvalue weighted by Crippen LogP contribution is 2.32. The molecule has 2 rings (SSSR count). The molecule has 0 aliphatic carbocycles. The highest BCUT2D eigenvalue weighted by molar-refractivity contribution is 6.42. The maximum absolute atomic E-state index is 6.17. The van der Waals surface area contributed by atoms with Crippen molar-refractivity contribution in [1.29, 1.82) is 0 Å². The van der Waals surface area contributed by atoms with Gasteiger partial charge < -0.3 is 9.64 Å². The van der Waals surface area contributed by atoms with Crippen molar-refractivity contribution >= 4 is 40.6 Å². The summed E-state index contributed by atoms with van der Waals surface area (Å²) in [4.78, 5) is 6.37. The molecule has 0 amide bonds. The first-order valence-electron chi connectivity index (χ1n) is 6.00. The SMILES string of the molecule is CCOC1CCCN(c2nc(Cl)c(Cl)cc2Cl)C1. The molecule has 0 aromatic carbocycles. The first-order chi connectivity index (χ1) is 8.61. The van der Waals surface area contributed by atoms with Crippen LogP contribution < -0.4 is 4.90 Å². The quantitative estimate of drug-likeness (QED) is 0.788. The van der Waals surface area contributed by atoms with E-state index in [4.69, 9.17) is 39.5 Å². The van der Waals surface area contributed by atoms with E-state index in [0.717, 1.165) is 32.5 Å². The minimum Gasteiger partial charge on any atom is -0.377 e. The standard InChI is InChI=1S/C12H15Cl3N2O/c1-2-18-8-4-3-5-17(7-8)12-10(14)6-9(13)11(15)16-12/h6,8H,2-5,7H2,1H3. The summed E-state index contributed by atoms with van der Waals surface area (Å²) >= 11 is 18.0. The van der Waals surface area contributed by atoms with Gasteiger partial charge in [0.2, 0.25) is 0 Å². The van der Waals surface area contributed by atoms with Crippen LogP contribution in [-0.2, 0) is 4.74 Å². The first kappa shape index (κ1) is 14.2. The van der Waals surface area contributed by atoms with E-state index in [0.29, 0.717) is 15.9 Å². The van der Waals surface area contributed by atoms with Gasteiger partial charge in [0.15, 0.2) is 0 Å².